The summed E-state index contributed by atoms with van der Waals surface area (Å²) < 4.78 is 4.67. The molecule has 0 aromatic heterocycles. The molecule has 0 spiro atoms. The monoisotopic (exact) mass is 210 g/mol. The van der Waals surface area contributed by atoms with Crippen LogP contribution >= 0.6 is 0 Å². The van der Waals surface area contributed by atoms with Crippen molar-refractivity contribution >= 4 is 11.8 Å². The van der Waals surface area contributed by atoms with Gasteiger partial charge in [-0.05, 0) is 32.1 Å². The fourth-order valence-corrected chi connectivity index (χ4v) is 2.52. The normalized spacial score (nSPS) is 31.9. The molecule has 2 fully saturated rings. The Hall–Kier alpha value is -1.32. The molecule has 0 aromatic rings. The van der Waals surface area contributed by atoms with Crippen LogP contribution in [0.5, 0.6) is 0 Å². The number of aliphatic hydroxyl groups is 1. The van der Waals surface area contributed by atoms with Gasteiger partial charge in [-0.15, -0.1) is 0 Å². The molecule has 0 heterocycles. The first-order valence-corrected chi connectivity index (χ1v) is 5.29. The zero-order valence-corrected chi connectivity index (χ0v) is 8.66. The van der Waals surface area contributed by atoms with E-state index in [1.807, 2.05) is 0 Å². The number of esters is 1. The number of rotatable bonds is 2. The third-order valence-corrected chi connectivity index (χ3v) is 3.20. The molecular formula is C11H14O4. The number of hydrogen-bond donors (Lipinski definition) is 1. The number of allylic oxidation sites excluding steroid dienone is 1. The van der Waals surface area contributed by atoms with Crippen LogP contribution in [0.1, 0.15) is 26.2 Å². The number of carbonyl (C=O) groups is 2. The Morgan fingerprint density at radius 2 is 2.13 bits per heavy atom. The largest absolute Gasteiger partial charge is 0.502 e. The molecule has 1 N–H and O–H groups in total. The van der Waals surface area contributed by atoms with Gasteiger partial charge in [0.05, 0.1) is 6.61 Å². The van der Waals surface area contributed by atoms with Crippen LogP contribution in [0, 0.1) is 11.8 Å². The summed E-state index contributed by atoms with van der Waals surface area (Å²) in [6.07, 6.45) is 2.58. The minimum atomic E-state index is -0.770. The number of hydrogen-bond acceptors (Lipinski definition) is 4. The molecule has 4 nitrogen and oxygen atoms in total. The molecule has 2 unspecified atom stereocenters. The zero-order chi connectivity index (χ0) is 11.0. The van der Waals surface area contributed by atoms with E-state index < -0.39 is 11.7 Å². The lowest BCUT2D eigenvalue weighted by Gasteiger charge is -2.13. The van der Waals surface area contributed by atoms with E-state index in [1.54, 1.807) is 6.92 Å². The second-order valence-electron chi connectivity index (χ2n) is 4.05. The minimum Gasteiger partial charge on any atom is -0.502 e. The van der Waals surface area contributed by atoms with Gasteiger partial charge in [0.1, 0.15) is 0 Å². The van der Waals surface area contributed by atoms with E-state index in [1.165, 1.54) is 0 Å². The summed E-state index contributed by atoms with van der Waals surface area (Å²) in [5.74, 6) is -1.19. The molecule has 2 bridgehead atoms. The fraction of sp³-hybridized carbons (Fsp3) is 0.636. The van der Waals surface area contributed by atoms with Crippen LogP contribution in [0.3, 0.4) is 0 Å². The number of aliphatic hydroxyl groups excluding tert-OH is 1. The lowest BCUT2D eigenvalue weighted by molar-refractivity contribution is -0.142. The molecule has 2 aliphatic rings. The first-order valence-electron chi connectivity index (χ1n) is 5.29. The summed E-state index contributed by atoms with van der Waals surface area (Å²) in [4.78, 5) is 23.0. The van der Waals surface area contributed by atoms with Gasteiger partial charge >= 0.3 is 5.97 Å². The summed E-state index contributed by atoms with van der Waals surface area (Å²) >= 11 is 0. The number of ether oxygens (including phenoxy) is 1. The highest BCUT2D eigenvalue weighted by Crippen LogP contribution is 2.46. The summed E-state index contributed by atoms with van der Waals surface area (Å²) in [6.45, 7) is 1.87. The van der Waals surface area contributed by atoms with Crippen molar-refractivity contribution in [3.63, 3.8) is 0 Å². The SMILES string of the molecule is CCOC(=O)/C(O)=C1\C(=O)C2CCC1C2. The van der Waals surface area contributed by atoms with Crippen LogP contribution in [0.15, 0.2) is 11.3 Å². The molecule has 2 rings (SSSR count). The van der Waals surface area contributed by atoms with E-state index in [-0.39, 0.29) is 24.2 Å². The smallest absolute Gasteiger partial charge is 0.373 e. The van der Waals surface area contributed by atoms with Gasteiger partial charge in [0.15, 0.2) is 5.78 Å². The average molecular weight is 210 g/mol. The predicted octanol–water partition coefficient (Wildman–Crippen LogP) is 1.36. The predicted molar refractivity (Wildman–Crippen MR) is 52.1 cm³/mol. The first kappa shape index (κ1) is 10.2. The van der Waals surface area contributed by atoms with Crippen LogP contribution in [0.2, 0.25) is 0 Å². The van der Waals surface area contributed by atoms with E-state index in [0.29, 0.717) is 5.57 Å². The first-order chi connectivity index (χ1) is 7.15. The molecule has 2 aliphatic carbocycles. The Morgan fingerprint density at radius 3 is 2.67 bits per heavy atom. The molecule has 0 amide bonds. The van der Waals surface area contributed by atoms with Crippen molar-refractivity contribution in [2.75, 3.05) is 6.61 Å². The van der Waals surface area contributed by atoms with E-state index in [4.69, 9.17) is 0 Å². The van der Waals surface area contributed by atoms with E-state index >= 15 is 0 Å². The lowest BCUT2D eigenvalue weighted by atomic mass is 9.92. The Bertz CT molecular complexity index is 342. The second kappa shape index (κ2) is 3.68. The molecule has 0 saturated heterocycles. The summed E-state index contributed by atoms with van der Waals surface area (Å²) in [6, 6.07) is 0. The van der Waals surface area contributed by atoms with Gasteiger partial charge in [0.25, 0.3) is 0 Å². The molecule has 2 saturated carbocycles. The highest BCUT2D eigenvalue weighted by Gasteiger charge is 2.45. The maximum Gasteiger partial charge on any atom is 0.373 e. The Morgan fingerprint density at radius 1 is 1.47 bits per heavy atom. The van der Waals surface area contributed by atoms with Gasteiger partial charge in [-0.1, -0.05) is 0 Å². The van der Waals surface area contributed by atoms with Crippen molar-refractivity contribution < 1.29 is 19.4 Å². The van der Waals surface area contributed by atoms with Gasteiger partial charge in [-0.3, -0.25) is 4.79 Å². The highest BCUT2D eigenvalue weighted by molar-refractivity contribution is 6.06. The van der Waals surface area contributed by atoms with E-state index in [2.05, 4.69) is 4.74 Å². The maximum absolute atomic E-state index is 11.7. The number of fused-ring (bicyclic) bond motifs is 2. The number of Topliss-reactive ketones (excluding diaryl/α,β-unsaturated/α-hetero) is 1. The van der Waals surface area contributed by atoms with Crippen molar-refractivity contribution in [2.45, 2.75) is 26.2 Å². The summed E-state index contributed by atoms with van der Waals surface area (Å²) in [7, 11) is 0. The van der Waals surface area contributed by atoms with Crippen LogP contribution in [-0.4, -0.2) is 23.5 Å². The maximum atomic E-state index is 11.7. The molecule has 82 valence electrons. The van der Waals surface area contributed by atoms with Crippen LogP contribution in [-0.2, 0) is 14.3 Å². The standard InChI is InChI=1S/C11H14O4/c1-2-15-11(14)10(13)8-6-3-4-7(5-6)9(8)12/h6-7,13H,2-5H2,1H3/b10-8+. The molecule has 15 heavy (non-hydrogen) atoms. The zero-order valence-electron chi connectivity index (χ0n) is 8.66. The Balaban J connectivity index is 2.25. The van der Waals surface area contributed by atoms with Gasteiger partial charge in [0, 0.05) is 11.5 Å². The quantitative estimate of drug-likeness (QED) is 0.424. The number of ketones is 1. The molecule has 2 atom stereocenters. The molecule has 0 radical (unpaired) electrons. The van der Waals surface area contributed by atoms with Crippen molar-refractivity contribution in [1.29, 1.82) is 0 Å². The van der Waals surface area contributed by atoms with Crippen LogP contribution in [0.4, 0.5) is 0 Å². The van der Waals surface area contributed by atoms with Gasteiger partial charge in [-0.2, -0.15) is 0 Å². The van der Waals surface area contributed by atoms with Crippen molar-refractivity contribution in [3.05, 3.63) is 11.3 Å². The molecular weight excluding hydrogens is 196 g/mol. The van der Waals surface area contributed by atoms with Crippen LogP contribution in [0.25, 0.3) is 0 Å². The third-order valence-electron chi connectivity index (χ3n) is 3.20. The summed E-state index contributed by atoms with van der Waals surface area (Å²) in [5, 5.41) is 9.63. The number of carbonyl (C=O) groups excluding carboxylic acids is 2. The topological polar surface area (TPSA) is 63.6 Å². The van der Waals surface area contributed by atoms with Crippen LogP contribution < -0.4 is 0 Å². The van der Waals surface area contributed by atoms with Gasteiger partial charge < -0.3 is 9.84 Å². The van der Waals surface area contributed by atoms with Crippen molar-refractivity contribution in [2.24, 2.45) is 11.8 Å². The van der Waals surface area contributed by atoms with E-state index in [9.17, 15) is 14.7 Å². The minimum absolute atomic E-state index is 0.0292. The second-order valence-corrected chi connectivity index (χ2v) is 4.05. The molecule has 0 aromatic carbocycles. The van der Waals surface area contributed by atoms with Crippen molar-refractivity contribution in [1.82, 2.24) is 0 Å². The van der Waals surface area contributed by atoms with Gasteiger partial charge in [-0.25, -0.2) is 4.79 Å². The average Bonchev–Trinajstić information content (AvgIpc) is 2.77. The molecule has 4 heteroatoms. The highest BCUT2D eigenvalue weighted by atomic mass is 16.5. The van der Waals surface area contributed by atoms with Crippen molar-refractivity contribution in [3.8, 4) is 0 Å². The van der Waals surface area contributed by atoms with E-state index in [0.717, 1.165) is 19.3 Å². The third kappa shape index (κ3) is 1.54. The Kier molecular flexibility index (Phi) is 2.50. The summed E-state index contributed by atoms with van der Waals surface area (Å²) in [5.41, 5.74) is 0.310. The van der Waals surface area contributed by atoms with Gasteiger partial charge in [0.2, 0.25) is 5.76 Å². The Labute approximate surface area is 87.9 Å². The fourth-order valence-electron chi connectivity index (χ4n) is 2.52. The lowest BCUT2D eigenvalue weighted by Crippen LogP contribution is -2.19. The molecule has 0 aliphatic heterocycles.